The normalized spacial score (nSPS) is 20.7. The minimum absolute atomic E-state index is 0.0166. The maximum absolute atomic E-state index is 12.5. The Hall–Kier alpha value is -2.79. The van der Waals surface area contributed by atoms with E-state index in [1.165, 1.54) is 6.26 Å². The van der Waals surface area contributed by atoms with E-state index in [4.69, 9.17) is 13.6 Å². The molecule has 4 heterocycles. The third kappa shape index (κ3) is 2.98. The van der Waals surface area contributed by atoms with Crippen LogP contribution in [0.15, 0.2) is 27.2 Å². The Morgan fingerprint density at radius 1 is 1.32 bits per heavy atom. The summed E-state index contributed by atoms with van der Waals surface area (Å²) < 4.78 is 16.3. The van der Waals surface area contributed by atoms with Gasteiger partial charge in [-0.05, 0) is 18.6 Å². The Morgan fingerprint density at radius 3 is 2.80 bits per heavy atom. The van der Waals surface area contributed by atoms with Crippen molar-refractivity contribution in [1.29, 1.82) is 5.26 Å². The summed E-state index contributed by atoms with van der Waals surface area (Å²) in [6.45, 7) is 3.57. The summed E-state index contributed by atoms with van der Waals surface area (Å²) >= 11 is 0. The van der Waals surface area contributed by atoms with Crippen LogP contribution in [0.3, 0.4) is 0 Å². The summed E-state index contributed by atoms with van der Waals surface area (Å²) in [5.41, 5.74) is 0.232. The number of amides is 1. The highest BCUT2D eigenvalue weighted by atomic mass is 16.5. The maximum atomic E-state index is 12.5. The van der Waals surface area contributed by atoms with Crippen molar-refractivity contribution >= 4 is 11.8 Å². The highest BCUT2D eigenvalue weighted by Crippen LogP contribution is 2.29. The molecule has 0 aliphatic carbocycles. The zero-order valence-electron chi connectivity index (χ0n) is 13.7. The second kappa shape index (κ2) is 6.61. The van der Waals surface area contributed by atoms with E-state index in [-0.39, 0.29) is 23.4 Å². The van der Waals surface area contributed by atoms with Crippen molar-refractivity contribution in [3.63, 3.8) is 0 Å². The minimum Gasteiger partial charge on any atom is -0.459 e. The summed E-state index contributed by atoms with van der Waals surface area (Å²) in [7, 11) is 0. The lowest BCUT2D eigenvalue weighted by atomic mass is 10.1. The van der Waals surface area contributed by atoms with Gasteiger partial charge >= 0.3 is 0 Å². The molecule has 2 fully saturated rings. The fraction of sp³-hybridized carbons (Fsp3) is 0.471. The number of ether oxygens (including phenoxy) is 1. The number of hydrogen-bond donors (Lipinski definition) is 0. The van der Waals surface area contributed by atoms with Crippen molar-refractivity contribution in [3.8, 4) is 17.7 Å². The molecule has 2 aliphatic heterocycles. The van der Waals surface area contributed by atoms with Gasteiger partial charge in [0.1, 0.15) is 6.07 Å². The average Bonchev–Trinajstić information content (AvgIpc) is 3.42. The molecule has 4 rings (SSSR count). The molecule has 1 amide bonds. The molecule has 0 aromatic carbocycles. The van der Waals surface area contributed by atoms with Gasteiger partial charge in [-0.2, -0.15) is 10.2 Å². The zero-order valence-corrected chi connectivity index (χ0v) is 13.7. The first-order valence-corrected chi connectivity index (χ1v) is 8.32. The number of carbonyl (C=O) groups excluding carboxylic acids is 1. The lowest BCUT2D eigenvalue weighted by Crippen LogP contribution is -2.50. The van der Waals surface area contributed by atoms with E-state index in [0.29, 0.717) is 51.0 Å². The number of rotatable bonds is 3. The summed E-state index contributed by atoms with van der Waals surface area (Å²) in [5, 5.41) is 9.34. The second-order valence-electron chi connectivity index (χ2n) is 6.13. The Balaban J connectivity index is 1.45. The summed E-state index contributed by atoms with van der Waals surface area (Å²) in [4.78, 5) is 20.5. The number of carbonyl (C=O) groups is 1. The number of aromatic nitrogens is 1. The molecule has 0 saturated carbocycles. The maximum Gasteiger partial charge on any atom is 0.266 e. The third-order valence-electron chi connectivity index (χ3n) is 4.60. The first kappa shape index (κ1) is 15.7. The van der Waals surface area contributed by atoms with Gasteiger partial charge in [-0.1, -0.05) is 0 Å². The summed E-state index contributed by atoms with van der Waals surface area (Å²) in [5.74, 6) is 1.35. The molecule has 8 heteroatoms. The Bertz CT molecular complexity index is 778. The topological polar surface area (TPSA) is 95.7 Å². The Kier molecular flexibility index (Phi) is 4.15. The van der Waals surface area contributed by atoms with Gasteiger partial charge in [-0.3, -0.25) is 4.79 Å². The molecule has 25 heavy (non-hydrogen) atoms. The quantitative estimate of drug-likeness (QED) is 0.834. The first-order chi connectivity index (χ1) is 12.3. The van der Waals surface area contributed by atoms with Crippen LogP contribution in [0.1, 0.15) is 12.1 Å². The lowest BCUT2D eigenvalue weighted by molar-refractivity contribution is -0.135. The number of nitriles is 1. The van der Waals surface area contributed by atoms with Gasteiger partial charge < -0.3 is 23.4 Å². The van der Waals surface area contributed by atoms with Crippen molar-refractivity contribution in [2.75, 3.05) is 44.3 Å². The van der Waals surface area contributed by atoms with Gasteiger partial charge in [0.15, 0.2) is 5.76 Å². The van der Waals surface area contributed by atoms with Crippen LogP contribution in [0.4, 0.5) is 5.88 Å². The smallest absolute Gasteiger partial charge is 0.266 e. The van der Waals surface area contributed by atoms with Crippen molar-refractivity contribution in [1.82, 2.24) is 9.88 Å². The van der Waals surface area contributed by atoms with Crippen LogP contribution in [0, 0.1) is 17.2 Å². The van der Waals surface area contributed by atoms with Crippen LogP contribution in [0.5, 0.6) is 0 Å². The highest BCUT2D eigenvalue weighted by molar-refractivity contribution is 5.79. The van der Waals surface area contributed by atoms with E-state index in [0.717, 1.165) is 6.42 Å². The number of nitrogens with zero attached hydrogens (tertiary/aromatic N) is 4. The monoisotopic (exact) mass is 342 g/mol. The van der Waals surface area contributed by atoms with E-state index in [2.05, 4.69) is 11.1 Å². The molecule has 0 unspecified atom stereocenters. The Morgan fingerprint density at radius 2 is 2.16 bits per heavy atom. The predicted octanol–water partition coefficient (Wildman–Crippen LogP) is 1.49. The van der Waals surface area contributed by atoms with E-state index < -0.39 is 0 Å². The van der Waals surface area contributed by atoms with Gasteiger partial charge in [-0.15, -0.1) is 0 Å². The fourth-order valence-electron chi connectivity index (χ4n) is 3.22. The molecular weight excluding hydrogens is 324 g/mol. The summed E-state index contributed by atoms with van der Waals surface area (Å²) in [6, 6.07) is 5.54. The van der Waals surface area contributed by atoms with Gasteiger partial charge in [0.05, 0.1) is 18.8 Å². The van der Waals surface area contributed by atoms with Gasteiger partial charge in [-0.25, -0.2) is 0 Å². The molecule has 0 bridgehead atoms. The largest absolute Gasteiger partial charge is 0.459 e. The molecule has 2 saturated heterocycles. The number of anilines is 1. The van der Waals surface area contributed by atoms with Crippen LogP contribution < -0.4 is 4.90 Å². The first-order valence-electron chi connectivity index (χ1n) is 8.32. The number of oxazole rings is 1. The number of furan rings is 1. The molecule has 0 radical (unpaired) electrons. The van der Waals surface area contributed by atoms with E-state index >= 15 is 0 Å². The van der Waals surface area contributed by atoms with Crippen LogP contribution in [0.25, 0.3) is 11.7 Å². The van der Waals surface area contributed by atoms with E-state index in [9.17, 15) is 10.1 Å². The summed E-state index contributed by atoms with van der Waals surface area (Å²) in [6.07, 6.45) is 2.33. The second-order valence-corrected chi connectivity index (χ2v) is 6.13. The molecule has 2 aliphatic rings. The minimum atomic E-state index is -0.0166. The molecular formula is C17H18N4O4. The van der Waals surface area contributed by atoms with Crippen LogP contribution in [-0.2, 0) is 9.53 Å². The average molecular weight is 342 g/mol. The van der Waals surface area contributed by atoms with Crippen molar-refractivity contribution in [2.45, 2.75) is 6.42 Å². The standard InChI is InChI=1S/C17H18N4O4/c18-10-13-17(25-15(19-13)14-2-1-8-24-14)21-6-4-20(5-7-21)16(22)12-3-9-23-11-12/h1-2,8,12H,3-7,9,11H2/t12-/m1/s1. The van der Waals surface area contributed by atoms with Gasteiger partial charge in [0, 0.05) is 32.8 Å². The molecule has 130 valence electrons. The molecule has 0 spiro atoms. The SMILES string of the molecule is N#Cc1nc(-c2ccco2)oc1N1CCN(C(=O)[C@@H]2CCOC2)CC1. The van der Waals surface area contributed by atoms with Crippen molar-refractivity contribution in [3.05, 3.63) is 24.1 Å². The van der Waals surface area contributed by atoms with Crippen molar-refractivity contribution in [2.24, 2.45) is 5.92 Å². The van der Waals surface area contributed by atoms with E-state index in [1.807, 2.05) is 9.80 Å². The molecule has 2 aromatic rings. The highest BCUT2D eigenvalue weighted by Gasteiger charge is 2.31. The number of piperazine rings is 1. The lowest BCUT2D eigenvalue weighted by Gasteiger charge is -2.35. The zero-order chi connectivity index (χ0) is 17.2. The van der Waals surface area contributed by atoms with Gasteiger partial charge in [0.25, 0.3) is 5.89 Å². The molecule has 8 nitrogen and oxygen atoms in total. The van der Waals surface area contributed by atoms with Crippen LogP contribution in [-0.4, -0.2) is 55.2 Å². The molecule has 2 aromatic heterocycles. The van der Waals surface area contributed by atoms with Crippen LogP contribution in [0.2, 0.25) is 0 Å². The number of hydrogen-bond acceptors (Lipinski definition) is 7. The van der Waals surface area contributed by atoms with Gasteiger partial charge in [0.2, 0.25) is 17.5 Å². The van der Waals surface area contributed by atoms with E-state index in [1.54, 1.807) is 12.1 Å². The molecule has 0 N–H and O–H groups in total. The predicted molar refractivity (Wildman–Crippen MR) is 86.6 cm³/mol. The molecule has 1 atom stereocenters. The van der Waals surface area contributed by atoms with Crippen molar-refractivity contribution < 1.29 is 18.4 Å². The third-order valence-corrected chi connectivity index (χ3v) is 4.60. The fourth-order valence-corrected chi connectivity index (χ4v) is 3.22. The van der Waals surface area contributed by atoms with Crippen LogP contribution >= 0.6 is 0 Å². The Labute approximate surface area is 144 Å².